The van der Waals surface area contributed by atoms with Crippen LogP contribution in [0.15, 0.2) is 18.2 Å². The van der Waals surface area contributed by atoms with E-state index in [1.807, 2.05) is 18.2 Å². The fourth-order valence-corrected chi connectivity index (χ4v) is 3.00. The van der Waals surface area contributed by atoms with Crippen molar-refractivity contribution in [1.82, 2.24) is 0 Å². The van der Waals surface area contributed by atoms with Gasteiger partial charge < -0.3 is 9.47 Å². The van der Waals surface area contributed by atoms with Crippen LogP contribution in [0.2, 0.25) is 10.0 Å². The van der Waals surface area contributed by atoms with Crippen molar-refractivity contribution >= 4 is 29.2 Å². The molecule has 1 aliphatic heterocycles. The van der Waals surface area contributed by atoms with Crippen molar-refractivity contribution < 1.29 is 14.3 Å². The van der Waals surface area contributed by atoms with Crippen LogP contribution in [0.3, 0.4) is 0 Å². The second-order valence-electron chi connectivity index (χ2n) is 6.44. The molecule has 0 amide bonds. The van der Waals surface area contributed by atoms with Gasteiger partial charge in [-0.1, -0.05) is 55.5 Å². The molecule has 1 aliphatic rings. The Hall–Kier alpha value is -0.770. The molecule has 1 unspecified atom stereocenters. The number of halogens is 2. The van der Waals surface area contributed by atoms with Gasteiger partial charge in [0, 0.05) is 0 Å². The lowest BCUT2D eigenvalue weighted by Crippen LogP contribution is -2.27. The van der Waals surface area contributed by atoms with E-state index in [0.29, 0.717) is 23.3 Å². The van der Waals surface area contributed by atoms with E-state index in [4.69, 9.17) is 32.7 Å². The van der Waals surface area contributed by atoms with Crippen LogP contribution in [-0.4, -0.2) is 24.8 Å². The first-order valence-electron chi connectivity index (χ1n) is 8.82. The summed E-state index contributed by atoms with van der Waals surface area (Å²) >= 11 is 11.9. The highest BCUT2D eigenvalue weighted by Crippen LogP contribution is 2.34. The van der Waals surface area contributed by atoms with Crippen molar-refractivity contribution in [2.24, 2.45) is 0 Å². The lowest BCUT2D eigenvalue weighted by molar-refractivity contribution is -0.150. The Morgan fingerprint density at radius 1 is 1.17 bits per heavy atom. The van der Waals surface area contributed by atoms with Gasteiger partial charge >= 0.3 is 5.97 Å². The maximum Gasteiger partial charge on any atom is 0.340 e. The molecule has 1 saturated heterocycles. The van der Waals surface area contributed by atoms with Crippen LogP contribution in [0.25, 0.3) is 0 Å². The molecular formula is C19H26Cl2O3. The summed E-state index contributed by atoms with van der Waals surface area (Å²) in [6.45, 7) is 3.10. The number of aryl methyl sites for hydroxylation is 1. The molecule has 0 N–H and O–H groups in total. The molecule has 0 spiro atoms. The topological polar surface area (TPSA) is 38.8 Å². The summed E-state index contributed by atoms with van der Waals surface area (Å²) in [5.74, 6) is -0.174. The third kappa shape index (κ3) is 5.94. The van der Waals surface area contributed by atoms with E-state index in [-0.39, 0.29) is 5.97 Å². The number of benzene rings is 1. The first-order valence-corrected chi connectivity index (χ1v) is 9.58. The SMILES string of the molecule is CCCCOC(=O)C1(CCCCCCc2ccc(Cl)c(Cl)c2)CO1. The average molecular weight is 373 g/mol. The first kappa shape index (κ1) is 19.6. The number of rotatable bonds is 11. The van der Waals surface area contributed by atoms with Crippen LogP contribution in [-0.2, 0) is 20.7 Å². The van der Waals surface area contributed by atoms with Gasteiger partial charge in [-0.25, -0.2) is 4.79 Å². The molecule has 1 fully saturated rings. The highest BCUT2D eigenvalue weighted by atomic mass is 35.5. The molecule has 0 radical (unpaired) electrons. The normalized spacial score (nSPS) is 19.3. The fourth-order valence-electron chi connectivity index (χ4n) is 2.68. The summed E-state index contributed by atoms with van der Waals surface area (Å²) in [5.41, 5.74) is 0.586. The van der Waals surface area contributed by atoms with Gasteiger partial charge in [-0.3, -0.25) is 0 Å². The quantitative estimate of drug-likeness (QED) is 0.288. The Balaban J connectivity index is 1.58. The molecule has 1 aromatic carbocycles. The molecule has 24 heavy (non-hydrogen) atoms. The predicted molar refractivity (Wildman–Crippen MR) is 97.8 cm³/mol. The first-order chi connectivity index (χ1) is 11.6. The van der Waals surface area contributed by atoms with Gasteiger partial charge in [0.05, 0.1) is 23.3 Å². The summed E-state index contributed by atoms with van der Waals surface area (Å²) in [5, 5.41) is 1.21. The largest absolute Gasteiger partial charge is 0.463 e. The number of carbonyl (C=O) groups excluding carboxylic acids is 1. The summed E-state index contributed by atoms with van der Waals surface area (Å²) in [4.78, 5) is 12.0. The maximum absolute atomic E-state index is 12.0. The maximum atomic E-state index is 12.0. The lowest BCUT2D eigenvalue weighted by atomic mass is 10.00. The summed E-state index contributed by atoms with van der Waals surface area (Å²) in [6, 6.07) is 5.80. The molecular weight excluding hydrogens is 347 g/mol. The van der Waals surface area contributed by atoms with Gasteiger partial charge in [0.2, 0.25) is 0 Å². The van der Waals surface area contributed by atoms with E-state index in [2.05, 4.69) is 6.92 Å². The molecule has 1 heterocycles. The highest BCUT2D eigenvalue weighted by molar-refractivity contribution is 6.42. The van der Waals surface area contributed by atoms with Crippen molar-refractivity contribution in [3.8, 4) is 0 Å². The fraction of sp³-hybridized carbons (Fsp3) is 0.632. The standard InChI is InChI=1S/C19H26Cl2O3/c1-2-3-12-23-18(22)19(14-24-19)11-7-5-4-6-8-15-9-10-16(20)17(21)13-15/h9-10,13H,2-8,11-12,14H2,1H3. The zero-order valence-corrected chi connectivity index (χ0v) is 15.8. The van der Waals surface area contributed by atoms with E-state index in [9.17, 15) is 4.79 Å². The Bertz CT molecular complexity index is 541. The van der Waals surface area contributed by atoms with E-state index >= 15 is 0 Å². The zero-order chi connectivity index (χ0) is 17.4. The van der Waals surface area contributed by atoms with E-state index in [1.165, 1.54) is 5.56 Å². The molecule has 3 nitrogen and oxygen atoms in total. The Morgan fingerprint density at radius 3 is 2.58 bits per heavy atom. The summed E-state index contributed by atoms with van der Waals surface area (Å²) < 4.78 is 10.7. The number of ether oxygens (including phenoxy) is 2. The molecule has 0 aromatic heterocycles. The number of esters is 1. The minimum absolute atomic E-state index is 0.174. The smallest absolute Gasteiger partial charge is 0.340 e. The van der Waals surface area contributed by atoms with Gasteiger partial charge in [-0.05, 0) is 49.8 Å². The highest BCUT2D eigenvalue weighted by Gasteiger charge is 2.52. The molecule has 5 heteroatoms. The minimum Gasteiger partial charge on any atom is -0.463 e. The number of carbonyl (C=O) groups is 1. The van der Waals surface area contributed by atoms with Crippen LogP contribution in [0.4, 0.5) is 0 Å². The molecule has 0 bridgehead atoms. The monoisotopic (exact) mass is 372 g/mol. The van der Waals surface area contributed by atoms with Crippen LogP contribution >= 0.6 is 23.2 Å². The van der Waals surface area contributed by atoms with Crippen molar-refractivity contribution in [2.75, 3.05) is 13.2 Å². The van der Waals surface area contributed by atoms with Crippen molar-refractivity contribution in [2.45, 2.75) is 63.9 Å². The number of unbranched alkanes of at least 4 members (excludes halogenated alkanes) is 4. The van der Waals surface area contributed by atoms with Crippen LogP contribution in [0.5, 0.6) is 0 Å². The van der Waals surface area contributed by atoms with Crippen LogP contribution in [0, 0.1) is 0 Å². The molecule has 134 valence electrons. The van der Waals surface area contributed by atoms with Gasteiger partial charge in [-0.2, -0.15) is 0 Å². The number of epoxide rings is 1. The van der Waals surface area contributed by atoms with E-state index < -0.39 is 5.60 Å². The van der Waals surface area contributed by atoms with Gasteiger partial charge in [0.15, 0.2) is 5.60 Å². The Kier molecular flexibility index (Phi) is 7.86. The second kappa shape index (κ2) is 9.65. The van der Waals surface area contributed by atoms with Crippen molar-refractivity contribution in [1.29, 1.82) is 0 Å². The molecule has 1 aromatic rings. The summed E-state index contributed by atoms with van der Waals surface area (Å²) in [7, 11) is 0. The van der Waals surface area contributed by atoms with E-state index in [0.717, 1.165) is 51.4 Å². The Morgan fingerprint density at radius 2 is 1.92 bits per heavy atom. The van der Waals surface area contributed by atoms with Crippen LogP contribution in [0.1, 0.15) is 57.4 Å². The lowest BCUT2D eigenvalue weighted by Gasteiger charge is -2.11. The van der Waals surface area contributed by atoms with Gasteiger partial charge in [-0.15, -0.1) is 0 Å². The molecule has 0 aliphatic carbocycles. The molecule has 1 atom stereocenters. The minimum atomic E-state index is -0.628. The van der Waals surface area contributed by atoms with Crippen LogP contribution < -0.4 is 0 Å². The third-order valence-corrected chi connectivity index (χ3v) is 5.11. The third-order valence-electron chi connectivity index (χ3n) is 4.38. The zero-order valence-electron chi connectivity index (χ0n) is 14.3. The predicted octanol–water partition coefficient (Wildman–Crippen LogP) is 5.60. The van der Waals surface area contributed by atoms with Gasteiger partial charge in [0.1, 0.15) is 0 Å². The Labute approximate surface area is 154 Å². The van der Waals surface area contributed by atoms with Gasteiger partial charge in [0.25, 0.3) is 0 Å². The average Bonchev–Trinajstić information content (AvgIpc) is 3.35. The number of hydrogen-bond acceptors (Lipinski definition) is 3. The summed E-state index contributed by atoms with van der Waals surface area (Å²) in [6.07, 6.45) is 8.02. The second-order valence-corrected chi connectivity index (χ2v) is 7.25. The molecule has 2 rings (SSSR count). The molecule has 0 saturated carbocycles. The van der Waals surface area contributed by atoms with Crippen molar-refractivity contribution in [3.05, 3.63) is 33.8 Å². The number of hydrogen-bond donors (Lipinski definition) is 0. The van der Waals surface area contributed by atoms with Crippen molar-refractivity contribution in [3.63, 3.8) is 0 Å². The van der Waals surface area contributed by atoms with E-state index in [1.54, 1.807) is 0 Å².